The van der Waals surface area contributed by atoms with Gasteiger partial charge in [0, 0.05) is 12.0 Å². The second-order valence-corrected chi connectivity index (χ2v) is 5.20. The van der Waals surface area contributed by atoms with Gasteiger partial charge in [0.2, 0.25) is 0 Å². The van der Waals surface area contributed by atoms with Gasteiger partial charge in [-0.05, 0) is 29.3 Å². The fourth-order valence-corrected chi connectivity index (χ4v) is 2.40. The van der Waals surface area contributed by atoms with E-state index in [9.17, 15) is 4.79 Å². The number of benzene rings is 2. The number of aromatic nitrogens is 2. The summed E-state index contributed by atoms with van der Waals surface area (Å²) in [6, 6.07) is 15.8. The highest BCUT2D eigenvalue weighted by molar-refractivity contribution is 5.85. The van der Waals surface area contributed by atoms with Crippen molar-refractivity contribution < 1.29 is 9.90 Å². The third-order valence-corrected chi connectivity index (χ3v) is 3.67. The summed E-state index contributed by atoms with van der Waals surface area (Å²) in [5, 5.41) is 8.64. The number of hydrogen-bond acceptors (Lipinski definition) is 2. The van der Waals surface area contributed by atoms with Gasteiger partial charge in [-0.25, -0.2) is 9.78 Å². The zero-order chi connectivity index (χ0) is 15.5. The summed E-state index contributed by atoms with van der Waals surface area (Å²) >= 11 is 0. The van der Waals surface area contributed by atoms with Gasteiger partial charge in [0.1, 0.15) is 5.82 Å². The first-order valence-electron chi connectivity index (χ1n) is 7.09. The van der Waals surface area contributed by atoms with Gasteiger partial charge in [-0.3, -0.25) is 0 Å². The van der Waals surface area contributed by atoms with Crippen LogP contribution in [0, 0.1) is 0 Å². The number of fused-ring (bicyclic) bond motifs is 1. The Labute approximate surface area is 128 Å². The van der Waals surface area contributed by atoms with Gasteiger partial charge in [-0.15, -0.1) is 0 Å². The van der Waals surface area contributed by atoms with Crippen LogP contribution in [-0.2, 0) is 4.79 Å². The summed E-state index contributed by atoms with van der Waals surface area (Å²) in [6.07, 6.45) is 2.72. The number of nitrogens with zero attached hydrogens (tertiary/aromatic N) is 1. The minimum absolute atomic E-state index is 0.143. The van der Waals surface area contributed by atoms with Crippen molar-refractivity contribution in [1.29, 1.82) is 0 Å². The lowest BCUT2D eigenvalue weighted by Gasteiger charge is -2.09. The van der Waals surface area contributed by atoms with Gasteiger partial charge in [0.05, 0.1) is 11.0 Å². The smallest absolute Gasteiger partial charge is 0.328 e. The maximum atomic E-state index is 10.5. The largest absolute Gasteiger partial charge is 0.478 e. The molecule has 1 heterocycles. The number of imidazole rings is 1. The molecule has 3 rings (SSSR count). The third-order valence-electron chi connectivity index (χ3n) is 3.67. The number of rotatable bonds is 4. The first kappa shape index (κ1) is 14.1. The Hall–Kier alpha value is -2.88. The lowest BCUT2D eigenvalue weighted by molar-refractivity contribution is -0.131. The van der Waals surface area contributed by atoms with Crippen molar-refractivity contribution in [3.8, 4) is 0 Å². The molecular formula is C18H16N2O2. The van der Waals surface area contributed by atoms with Crippen LogP contribution in [0.25, 0.3) is 17.1 Å². The molecule has 0 aliphatic heterocycles. The fraction of sp³-hybridized carbons (Fsp3) is 0.111. The molecule has 0 saturated heterocycles. The molecule has 0 spiro atoms. The first-order valence-corrected chi connectivity index (χ1v) is 7.09. The van der Waals surface area contributed by atoms with Crippen molar-refractivity contribution in [3.05, 3.63) is 71.6 Å². The zero-order valence-corrected chi connectivity index (χ0v) is 12.2. The van der Waals surface area contributed by atoms with Crippen molar-refractivity contribution in [2.45, 2.75) is 12.8 Å². The van der Waals surface area contributed by atoms with E-state index in [2.05, 4.69) is 16.9 Å². The summed E-state index contributed by atoms with van der Waals surface area (Å²) in [4.78, 5) is 18.5. The molecule has 0 aliphatic carbocycles. The van der Waals surface area contributed by atoms with Gasteiger partial charge in [-0.1, -0.05) is 43.3 Å². The van der Waals surface area contributed by atoms with Gasteiger partial charge in [0.25, 0.3) is 0 Å². The van der Waals surface area contributed by atoms with Crippen LogP contribution in [0.4, 0.5) is 0 Å². The van der Waals surface area contributed by atoms with Crippen LogP contribution in [-0.4, -0.2) is 21.0 Å². The lowest BCUT2D eigenvalue weighted by Crippen LogP contribution is -1.98. The summed E-state index contributed by atoms with van der Waals surface area (Å²) in [5.41, 5.74) is 3.99. The van der Waals surface area contributed by atoms with E-state index in [4.69, 9.17) is 5.11 Å². The quantitative estimate of drug-likeness (QED) is 0.718. The lowest BCUT2D eigenvalue weighted by atomic mass is 9.99. The Morgan fingerprint density at radius 2 is 1.91 bits per heavy atom. The van der Waals surface area contributed by atoms with Crippen LogP contribution in [0.3, 0.4) is 0 Å². The average molecular weight is 292 g/mol. The van der Waals surface area contributed by atoms with E-state index in [1.807, 2.05) is 48.5 Å². The number of carboxylic acids is 1. The van der Waals surface area contributed by atoms with Crippen molar-refractivity contribution in [1.82, 2.24) is 9.97 Å². The second-order valence-electron chi connectivity index (χ2n) is 5.20. The molecule has 0 bridgehead atoms. The average Bonchev–Trinajstić information content (AvgIpc) is 2.96. The normalized spacial score (nSPS) is 12.8. The Kier molecular flexibility index (Phi) is 3.74. The van der Waals surface area contributed by atoms with Gasteiger partial charge in [-0.2, -0.15) is 0 Å². The molecule has 0 fully saturated rings. The Morgan fingerprint density at radius 1 is 1.18 bits per heavy atom. The van der Waals surface area contributed by atoms with E-state index < -0.39 is 5.97 Å². The van der Waals surface area contributed by atoms with E-state index in [-0.39, 0.29) is 5.92 Å². The molecule has 22 heavy (non-hydrogen) atoms. The second kappa shape index (κ2) is 5.85. The Bertz CT molecular complexity index is 799. The third kappa shape index (κ3) is 2.91. The van der Waals surface area contributed by atoms with Crippen molar-refractivity contribution >= 4 is 23.1 Å². The summed E-state index contributed by atoms with van der Waals surface area (Å²) < 4.78 is 0. The number of para-hydroxylation sites is 2. The molecule has 2 N–H and O–H groups in total. The number of nitrogens with one attached hydrogen (secondary N) is 1. The number of hydrogen-bond donors (Lipinski definition) is 2. The molecule has 1 aromatic heterocycles. The highest BCUT2D eigenvalue weighted by Gasteiger charge is 2.12. The predicted molar refractivity (Wildman–Crippen MR) is 86.7 cm³/mol. The van der Waals surface area contributed by atoms with E-state index in [1.54, 1.807) is 6.08 Å². The van der Waals surface area contributed by atoms with Gasteiger partial charge < -0.3 is 10.1 Å². The molecule has 0 amide bonds. The predicted octanol–water partition coefficient (Wildman–Crippen LogP) is 3.81. The molecule has 1 atom stereocenters. The number of aromatic amines is 1. The number of carboxylic acid groups (broad SMARTS) is 1. The van der Waals surface area contributed by atoms with Crippen molar-refractivity contribution in [3.63, 3.8) is 0 Å². The van der Waals surface area contributed by atoms with Gasteiger partial charge in [0.15, 0.2) is 0 Å². The minimum Gasteiger partial charge on any atom is -0.478 e. The molecule has 2 aromatic carbocycles. The Balaban J connectivity index is 1.85. The first-order chi connectivity index (χ1) is 10.6. The molecule has 0 unspecified atom stereocenters. The Morgan fingerprint density at radius 3 is 2.59 bits per heavy atom. The molecule has 4 heteroatoms. The molecule has 4 nitrogen and oxygen atoms in total. The van der Waals surface area contributed by atoms with E-state index >= 15 is 0 Å². The van der Waals surface area contributed by atoms with Crippen LogP contribution < -0.4 is 0 Å². The molecular weight excluding hydrogens is 276 g/mol. The van der Waals surface area contributed by atoms with Gasteiger partial charge >= 0.3 is 5.97 Å². The number of H-pyrrole nitrogens is 1. The molecule has 0 saturated carbocycles. The van der Waals surface area contributed by atoms with Crippen LogP contribution in [0.2, 0.25) is 0 Å². The van der Waals surface area contributed by atoms with Crippen LogP contribution in [0.15, 0.2) is 54.6 Å². The standard InChI is InChI=1S/C18H16N2O2/c1-12(18-19-15-4-2-3-5-16(15)20-18)14-9-6-13(7-10-14)8-11-17(21)22/h2-12H,1H3,(H,19,20)(H,21,22)/t12-/m1/s1. The number of carbonyl (C=O) groups is 1. The van der Waals surface area contributed by atoms with Crippen LogP contribution >= 0.6 is 0 Å². The summed E-state index contributed by atoms with van der Waals surface area (Å²) in [7, 11) is 0. The van der Waals surface area contributed by atoms with Crippen molar-refractivity contribution in [2.24, 2.45) is 0 Å². The maximum Gasteiger partial charge on any atom is 0.328 e. The van der Waals surface area contributed by atoms with E-state index in [0.29, 0.717) is 0 Å². The monoisotopic (exact) mass is 292 g/mol. The highest BCUT2D eigenvalue weighted by atomic mass is 16.4. The molecule has 0 radical (unpaired) electrons. The highest BCUT2D eigenvalue weighted by Crippen LogP contribution is 2.24. The molecule has 3 aromatic rings. The van der Waals surface area contributed by atoms with Crippen LogP contribution in [0.5, 0.6) is 0 Å². The molecule has 0 aliphatic rings. The minimum atomic E-state index is -0.945. The number of aliphatic carboxylic acids is 1. The van der Waals surface area contributed by atoms with Crippen LogP contribution in [0.1, 0.15) is 29.8 Å². The topological polar surface area (TPSA) is 66.0 Å². The maximum absolute atomic E-state index is 10.5. The summed E-state index contributed by atoms with van der Waals surface area (Å²) in [5.74, 6) is 0.125. The SMILES string of the molecule is C[C@H](c1ccc(C=CC(=O)O)cc1)c1nc2ccccc2[nH]1. The fourth-order valence-electron chi connectivity index (χ4n) is 2.40. The summed E-state index contributed by atoms with van der Waals surface area (Å²) in [6.45, 7) is 2.10. The van der Waals surface area contributed by atoms with E-state index in [1.165, 1.54) is 0 Å². The van der Waals surface area contributed by atoms with Crippen molar-refractivity contribution in [2.75, 3.05) is 0 Å². The zero-order valence-electron chi connectivity index (χ0n) is 12.2. The van der Waals surface area contributed by atoms with E-state index in [0.717, 1.165) is 34.1 Å². The molecule has 110 valence electrons.